The second kappa shape index (κ2) is 4.56. The number of benzene rings is 1. The summed E-state index contributed by atoms with van der Waals surface area (Å²) in [5.41, 5.74) is 6.55. The molecule has 0 radical (unpaired) electrons. The molecule has 1 aromatic carbocycles. The number of halogens is 1. The highest BCUT2D eigenvalue weighted by molar-refractivity contribution is 9.10. The highest BCUT2D eigenvalue weighted by Crippen LogP contribution is 2.29. The van der Waals surface area contributed by atoms with Crippen molar-refractivity contribution in [3.8, 4) is 0 Å². The fraction of sp³-hybridized carbons (Fsp3) is 0.400. The van der Waals surface area contributed by atoms with E-state index in [0.29, 0.717) is 10.5 Å². The third-order valence-corrected chi connectivity index (χ3v) is 4.37. The zero-order valence-electron chi connectivity index (χ0n) is 9.06. The molecule has 0 aliphatic heterocycles. The van der Waals surface area contributed by atoms with Crippen LogP contribution in [0.2, 0.25) is 0 Å². The standard InChI is InChI=1S/C10H14BrN3O2S/c11-9-5-8(17(13,15)16)1-2-10(9)14-7-3-6(12)4-7/h1-2,5-7,14H,3-4,12H2,(H2,13,15,16). The van der Waals surface area contributed by atoms with Crippen LogP contribution in [0.1, 0.15) is 12.8 Å². The number of hydrogen-bond donors (Lipinski definition) is 3. The monoisotopic (exact) mass is 319 g/mol. The van der Waals surface area contributed by atoms with Crippen LogP contribution in [-0.4, -0.2) is 20.5 Å². The number of primary sulfonamides is 1. The molecule has 0 heterocycles. The van der Waals surface area contributed by atoms with Gasteiger partial charge in [-0.05, 0) is 47.0 Å². The lowest BCUT2D eigenvalue weighted by atomic mass is 9.87. The zero-order chi connectivity index (χ0) is 12.6. The molecule has 0 bridgehead atoms. The smallest absolute Gasteiger partial charge is 0.238 e. The van der Waals surface area contributed by atoms with E-state index in [2.05, 4.69) is 21.2 Å². The predicted molar refractivity (Wildman–Crippen MR) is 70.1 cm³/mol. The third kappa shape index (κ3) is 2.98. The van der Waals surface area contributed by atoms with E-state index in [1.807, 2.05) is 0 Å². The maximum absolute atomic E-state index is 11.1. The molecule has 5 N–H and O–H groups in total. The Labute approximate surface area is 109 Å². The fourth-order valence-corrected chi connectivity index (χ4v) is 2.97. The third-order valence-electron chi connectivity index (χ3n) is 2.80. The predicted octanol–water partition coefficient (Wildman–Crippen LogP) is 0.998. The summed E-state index contributed by atoms with van der Waals surface area (Å²) in [7, 11) is -3.65. The van der Waals surface area contributed by atoms with E-state index >= 15 is 0 Å². The van der Waals surface area contributed by atoms with E-state index < -0.39 is 10.0 Å². The van der Waals surface area contributed by atoms with Crippen molar-refractivity contribution >= 4 is 31.6 Å². The summed E-state index contributed by atoms with van der Waals surface area (Å²) in [6, 6.07) is 5.32. The highest BCUT2D eigenvalue weighted by Gasteiger charge is 2.26. The van der Waals surface area contributed by atoms with Crippen molar-refractivity contribution < 1.29 is 8.42 Å². The fourth-order valence-electron chi connectivity index (χ4n) is 1.79. The van der Waals surface area contributed by atoms with Crippen molar-refractivity contribution in [1.82, 2.24) is 0 Å². The summed E-state index contributed by atoms with van der Waals surface area (Å²) in [5.74, 6) is 0. The summed E-state index contributed by atoms with van der Waals surface area (Å²) >= 11 is 3.32. The van der Waals surface area contributed by atoms with E-state index in [0.717, 1.165) is 18.5 Å². The van der Waals surface area contributed by atoms with Gasteiger partial charge in [0.05, 0.1) is 4.90 Å². The molecule has 1 aromatic rings. The number of rotatable bonds is 3. The Kier molecular flexibility index (Phi) is 3.44. The molecule has 7 heteroatoms. The Balaban J connectivity index is 2.15. The van der Waals surface area contributed by atoms with E-state index in [9.17, 15) is 8.42 Å². The van der Waals surface area contributed by atoms with Crippen LogP contribution in [-0.2, 0) is 10.0 Å². The van der Waals surface area contributed by atoms with Crippen LogP contribution in [0, 0.1) is 0 Å². The van der Waals surface area contributed by atoms with Crippen molar-refractivity contribution in [3.05, 3.63) is 22.7 Å². The lowest BCUT2D eigenvalue weighted by Gasteiger charge is -2.34. The molecule has 0 unspecified atom stereocenters. The highest BCUT2D eigenvalue weighted by atomic mass is 79.9. The Morgan fingerprint density at radius 2 is 2.00 bits per heavy atom. The molecule has 2 rings (SSSR count). The molecule has 1 fully saturated rings. The lowest BCUT2D eigenvalue weighted by Crippen LogP contribution is -2.44. The normalized spacial score (nSPS) is 24.2. The number of nitrogens with two attached hydrogens (primary N) is 2. The second-order valence-corrected chi connectivity index (χ2v) is 6.68. The van der Waals surface area contributed by atoms with Crippen LogP contribution in [0.3, 0.4) is 0 Å². The Bertz CT molecular complexity index is 526. The van der Waals surface area contributed by atoms with E-state index in [1.165, 1.54) is 12.1 Å². The molecular weight excluding hydrogens is 306 g/mol. The minimum absolute atomic E-state index is 0.0974. The van der Waals surface area contributed by atoms with Crippen LogP contribution in [0.15, 0.2) is 27.6 Å². The van der Waals surface area contributed by atoms with Crippen LogP contribution in [0.4, 0.5) is 5.69 Å². The van der Waals surface area contributed by atoms with Crippen molar-refractivity contribution in [1.29, 1.82) is 0 Å². The summed E-state index contributed by atoms with van der Waals surface area (Å²) in [4.78, 5) is 0.0974. The van der Waals surface area contributed by atoms with Crippen molar-refractivity contribution in [3.63, 3.8) is 0 Å². The van der Waals surface area contributed by atoms with Gasteiger partial charge in [0, 0.05) is 22.2 Å². The molecular formula is C10H14BrN3O2S. The van der Waals surface area contributed by atoms with Gasteiger partial charge in [0.2, 0.25) is 10.0 Å². The minimum Gasteiger partial charge on any atom is -0.381 e. The Hall–Kier alpha value is -0.630. The molecule has 94 valence electrons. The van der Waals surface area contributed by atoms with E-state index in [4.69, 9.17) is 10.9 Å². The van der Waals surface area contributed by atoms with Crippen molar-refractivity contribution in [2.75, 3.05) is 5.32 Å². The molecule has 0 aromatic heterocycles. The SMILES string of the molecule is NC1CC(Nc2ccc(S(N)(=O)=O)cc2Br)C1. The lowest BCUT2D eigenvalue weighted by molar-refractivity contribution is 0.373. The first-order valence-electron chi connectivity index (χ1n) is 5.21. The van der Waals surface area contributed by atoms with Gasteiger partial charge in [-0.1, -0.05) is 0 Å². The summed E-state index contributed by atoms with van der Waals surface area (Å²) in [5, 5.41) is 8.34. The van der Waals surface area contributed by atoms with Crippen molar-refractivity contribution in [2.24, 2.45) is 10.9 Å². The first kappa shape index (κ1) is 12.8. The summed E-state index contributed by atoms with van der Waals surface area (Å²) in [6.07, 6.45) is 1.87. The molecule has 0 atom stereocenters. The van der Waals surface area contributed by atoms with Crippen LogP contribution >= 0.6 is 15.9 Å². The van der Waals surface area contributed by atoms with E-state index in [-0.39, 0.29) is 10.9 Å². The summed E-state index contributed by atoms with van der Waals surface area (Å²) in [6.45, 7) is 0. The Morgan fingerprint density at radius 1 is 1.35 bits per heavy atom. The minimum atomic E-state index is -3.65. The summed E-state index contributed by atoms with van der Waals surface area (Å²) < 4.78 is 23.0. The second-order valence-electron chi connectivity index (χ2n) is 4.26. The quantitative estimate of drug-likeness (QED) is 0.774. The van der Waals surface area contributed by atoms with Gasteiger partial charge < -0.3 is 11.1 Å². The molecule has 0 saturated heterocycles. The first-order valence-corrected chi connectivity index (χ1v) is 7.54. The number of hydrogen-bond acceptors (Lipinski definition) is 4. The molecule has 0 amide bonds. The van der Waals surface area contributed by atoms with Crippen molar-refractivity contribution in [2.45, 2.75) is 29.8 Å². The van der Waals surface area contributed by atoms with Gasteiger partial charge >= 0.3 is 0 Å². The van der Waals surface area contributed by atoms with Gasteiger partial charge in [0.1, 0.15) is 0 Å². The largest absolute Gasteiger partial charge is 0.381 e. The maximum atomic E-state index is 11.1. The average molecular weight is 320 g/mol. The van der Waals surface area contributed by atoms with E-state index in [1.54, 1.807) is 6.07 Å². The van der Waals surface area contributed by atoms with Crippen LogP contribution < -0.4 is 16.2 Å². The van der Waals surface area contributed by atoms with Crippen LogP contribution in [0.5, 0.6) is 0 Å². The zero-order valence-corrected chi connectivity index (χ0v) is 11.5. The molecule has 0 spiro atoms. The Morgan fingerprint density at radius 3 is 2.47 bits per heavy atom. The van der Waals surface area contributed by atoms with Gasteiger partial charge in [-0.2, -0.15) is 0 Å². The molecule has 1 aliphatic carbocycles. The maximum Gasteiger partial charge on any atom is 0.238 e. The molecule has 5 nitrogen and oxygen atoms in total. The number of sulfonamides is 1. The molecule has 17 heavy (non-hydrogen) atoms. The first-order chi connectivity index (χ1) is 7.86. The van der Waals surface area contributed by atoms with Gasteiger partial charge in [0.25, 0.3) is 0 Å². The molecule has 1 aliphatic rings. The van der Waals surface area contributed by atoms with Gasteiger partial charge in [-0.25, -0.2) is 13.6 Å². The van der Waals surface area contributed by atoms with Gasteiger partial charge in [-0.15, -0.1) is 0 Å². The topological polar surface area (TPSA) is 98.2 Å². The average Bonchev–Trinajstić information content (AvgIpc) is 2.16. The van der Waals surface area contributed by atoms with Crippen LogP contribution in [0.25, 0.3) is 0 Å². The van der Waals surface area contributed by atoms with Gasteiger partial charge in [0.15, 0.2) is 0 Å². The number of anilines is 1. The van der Waals surface area contributed by atoms with Gasteiger partial charge in [-0.3, -0.25) is 0 Å². The molecule has 1 saturated carbocycles. The number of nitrogens with one attached hydrogen (secondary N) is 1.